The van der Waals surface area contributed by atoms with Crippen LogP contribution in [0.3, 0.4) is 0 Å². The first-order chi connectivity index (χ1) is 9.36. The van der Waals surface area contributed by atoms with Crippen LogP contribution >= 0.6 is 0 Å². The molecular weight excluding hydrogens is 242 g/mol. The molecule has 2 aromatic carbocycles. The minimum Gasteiger partial charge on any atom is -0.454 e. The summed E-state index contributed by atoms with van der Waals surface area (Å²) in [5.74, 6) is 1.62. The maximum absolute atomic E-state index is 8.99. The van der Waals surface area contributed by atoms with Crippen molar-refractivity contribution in [3.63, 3.8) is 0 Å². The Morgan fingerprint density at radius 1 is 1.05 bits per heavy atom. The highest BCUT2D eigenvalue weighted by molar-refractivity contribution is 5.51. The summed E-state index contributed by atoms with van der Waals surface area (Å²) in [4.78, 5) is 0. The molecule has 4 heteroatoms. The standard InChI is InChI=1S/C15H15NO3/c17-9-11-4-6-13(7-5-11)16-8-12-2-1-3-14-15(12)19-10-18-14/h1-7,16-17H,8-10H2. The molecule has 98 valence electrons. The third-order valence-electron chi connectivity index (χ3n) is 3.10. The summed E-state index contributed by atoms with van der Waals surface area (Å²) < 4.78 is 10.8. The molecule has 0 bridgehead atoms. The molecule has 19 heavy (non-hydrogen) atoms. The first-order valence-electron chi connectivity index (χ1n) is 6.18. The van der Waals surface area contributed by atoms with Crippen molar-refractivity contribution in [3.05, 3.63) is 53.6 Å². The van der Waals surface area contributed by atoms with Crippen molar-refractivity contribution in [2.75, 3.05) is 12.1 Å². The molecule has 4 nitrogen and oxygen atoms in total. The molecule has 0 aromatic heterocycles. The van der Waals surface area contributed by atoms with E-state index in [1.807, 2.05) is 42.5 Å². The van der Waals surface area contributed by atoms with Crippen LogP contribution < -0.4 is 14.8 Å². The van der Waals surface area contributed by atoms with Crippen LogP contribution in [0.25, 0.3) is 0 Å². The second-order valence-electron chi connectivity index (χ2n) is 4.36. The lowest BCUT2D eigenvalue weighted by Crippen LogP contribution is -2.01. The molecule has 0 fully saturated rings. The fourth-order valence-corrected chi connectivity index (χ4v) is 2.06. The van der Waals surface area contributed by atoms with Gasteiger partial charge in [0.15, 0.2) is 11.5 Å². The van der Waals surface area contributed by atoms with Crippen molar-refractivity contribution in [1.82, 2.24) is 0 Å². The summed E-state index contributed by atoms with van der Waals surface area (Å²) >= 11 is 0. The maximum Gasteiger partial charge on any atom is 0.231 e. The molecule has 0 amide bonds. The highest BCUT2D eigenvalue weighted by Gasteiger charge is 2.16. The van der Waals surface area contributed by atoms with Gasteiger partial charge in [0.05, 0.1) is 6.61 Å². The number of aliphatic hydroxyl groups is 1. The topological polar surface area (TPSA) is 50.7 Å². The zero-order valence-corrected chi connectivity index (χ0v) is 10.4. The molecule has 2 N–H and O–H groups in total. The molecule has 0 radical (unpaired) electrons. The van der Waals surface area contributed by atoms with Gasteiger partial charge in [-0.2, -0.15) is 0 Å². The molecular formula is C15H15NO3. The molecule has 3 rings (SSSR count). The van der Waals surface area contributed by atoms with Crippen molar-refractivity contribution in [1.29, 1.82) is 0 Å². The van der Waals surface area contributed by atoms with Crippen LogP contribution in [-0.2, 0) is 13.2 Å². The Morgan fingerprint density at radius 3 is 2.68 bits per heavy atom. The molecule has 0 saturated carbocycles. The Balaban J connectivity index is 1.70. The van der Waals surface area contributed by atoms with Gasteiger partial charge >= 0.3 is 0 Å². The SMILES string of the molecule is OCc1ccc(NCc2cccc3c2OCO3)cc1. The van der Waals surface area contributed by atoms with Crippen molar-refractivity contribution in [3.8, 4) is 11.5 Å². The van der Waals surface area contributed by atoms with Gasteiger partial charge in [0.25, 0.3) is 0 Å². The normalized spacial score (nSPS) is 12.5. The molecule has 0 atom stereocenters. The summed E-state index contributed by atoms with van der Waals surface area (Å²) in [5, 5.41) is 12.3. The molecule has 2 aromatic rings. The first kappa shape index (κ1) is 11.9. The lowest BCUT2D eigenvalue weighted by molar-refractivity contribution is 0.173. The Kier molecular flexibility index (Phi) is 3.25. The van der Waals surface area contributed by atoms with Crippen molar-refractivity contribution < 1.29 is 14.6 Å². The smallest absolute Gasteiger partial charge is 0.231 e. The van der Waals surface area contributed by atoms with Crippen LogP contribution in [0.5, 0.6) is 11.5 Å². The van der Waals surface area contributed by atoms with E-state index in [0.717, 1.165) is 28.3 Å². The van der Waals surface area contributed by atoms with Gasteiger partial charge in [0, 0.05) is 17.8 Å². The highest BCUT2D eigenvalue weighted by Crippen LogP contribution is 2.35. The van der Waals surface area contributed by atoms with E-state index in [1.165, 1.54) is 0 Å². The van der Waals surface area contributed by atoms with E-state index in [0.29, 0.717) is 6.54 Å². The Labute approximate surface area is 111 Å². The van der Waals surface area contributed by atoms with Gasteiger partial charge in [0.2, 0.25) is 6.79 Å². The summed E-state index contributed by atoms with van der Waals surface area (Å²) in [7, 11) is 0. The quantitative estimate of drug-likeness (QED) is 0.883. The lowest BCUT2D eigenvalue weighted by atomic mass is 10.1. The number of hydrogen-bond donors (Lipinski definition) is 2. The van der Waals surface area contributed by atoms with Gasteiger partial charge in [-0.25, -0.2) is 0 Å². The number of nitrogens with one attached hydrogen (secondary N) is 1. The number of fused-ring (bicyclic) bond motifs is 1. The largest absolute Gasteiger partial charge is 0.454 e. The Morgan fingerprint density at radius 2 is 1.89 bits per heavy atom. The lowest BCUT2D eigenvalue weighted by Gasteiger charge is -2.09. The maximum atomic E-state index is 8.99. The highest BCUT2D eigenvalue weighted by atomic mass is 16.7. The Bertz CT molecular complexity index is 566. The average Bonchev–Trinajstić information content (AvgIpc) is 2.94. The number of rotatable bonds is 4. The average molecular weight is 257 g/mol. The van der Waals surface area contributed by atoms with Crippen LogP contribution in [0, 0.1) is 0 Å². The van der Waals surface area contributed by atoms with Crippen molar-refractivity contribution >= 4 is 5.69 Å². The van der Waals surface area contributed by atoms with Crippen LogP contribution in [0.1, 0.15) is 11.1 Å². The van der Waals surface area contributed by atoms with Gasteiger partial charge in [-0.3, -0.25) is 0 Å². The molecule has 1 aliphatic heterocycles. The third-order valence-corrected chi connectivity index (χ3v) is 3.10. The van der Waals surface area contributed by atoms with Gasteiger partial charge < -0.3 is 19.9 Å². The molecule has 0 saturated heterocycles. The number of para-hydroxylation sites is 1. The fraction of sp³-hybridized carbons (Fsp3) is 0.200. The molecule has 0 unspecified atom stereocenters. The monoisotopic (exact) mass is 257 g/mol. The number of benzene rings is 2. The third kappa shape index (κ3) is 2.48. The predicted octanol–water partition coefficient (Wildman–Crippen LogP) is 2.52. The summed E-state index contributed by atoms with van der Waals surface area (Å²) in [6, 6.07) is 13.6. The first-order valence-corrected chi connectivity index (χ1v) is 6.18. The van der Waals surface area contributed by atoms with Crippen LogP contribution in [0.4, 0.5) is 5.69 Å². The fourth-order valence-electron chi connectivity index (χ4n) is 2.06. The minimum atomic E-state index is 0.0671. The summed E-state index contributed by atoms with van der Waals surface area (Å²) in [6.07, 6.45) is 0. The van der Waals surface area contributed by atoms with Gasteiger partial charge in [0.1, 0.15) is 0 Å². The zero-order valence-electron chi connectivity index (χ0n) is 10.4. The molecule has 0 aliphatic carbocycles. The van der Waals surface area contributed by atoms with E-state index < -0.39 is 0 Å². The summed E-state index contributed by atoms with van der Waals surface area (Å²) in [5.41, 5.74) is 2.98. The van der Waals surface area contributed by atoms with Gasteiger partial charge in [-0.05, 0) is 23.8 Å². The zero-order chi connectivity index (χ0) is 13.1. The Hall–Kier alpha value is -2.20. The van der Waals surface area contributed by atoms with Crippen molar-refractivity contribution in [2.45, 2.75) is 13.2 Å². The van der Waals surface area contributed by atoms with Gasteiger partial charge in [-0.1, -0.05) is 24.3 Å². The predicted molar refractivity (Wildman–Crippen MR) is 72.3 cm³/mol. The van der Waals surface area contributed by atoms with Gasteiger partial charge in [-0.15, -0.1) is 0 Å². The van der Waals surface area contributed by atoms with E-state index >= 15 is 0 Å². The second kappa shape index (κ2) is 5.20. The van der Waals surface area contributed by atoms with E-state index in [2.05, 4.69) is 5.32 Å². The van der Waals surface area contributed by atoms with Crippen LogP contribution in [0.2, 0.25) is 0 Å². The van der Waals surface area contributed by atoms with Crippen LogP contribution in [0.15, 0.2) is 42.5 Å². The number of hydrogen-bond acceptors (Lipinski definition) is 4. The minimum absolute atomic E-state index is 0.0671. The number of ether oxygens (including phenoxy) is 2. The van der Waals surface area contributed by atoms with E-state index in [-0.39, 0.29) is 13.4 Å². The van der Waals surface area contributed by atoms with E-state index in [9.17, 15) is 0 Å². The molecule has 0 spiro atoms. The number of anilines is 1. The van der Waals surface area contributed by atoms with Crippen LogP contribution in [-0.4, -0.2) is 11.9 Å². The summed E-state index contributed by atoms with van der Waals surface area (Å²) in [6.45, 7) is 1.03. The van der Waals surface area contributed by atoms with E-state index in [1.54, 1.807) is 0 Å². The molecule has 1 aliphatic rings. The number of aliphatic hydroxyl groups excluding tert-OH is 1. The van der Waals surface area contributed by atoms with Crippen molar-refractivity contribution in [2.24, 2.45) is 0 Å². The second-order valence-corrected chi connectivity index (χ2v) is 4.36. The molecule has 1 heterocycles. The van der Waals surface area contributed by atoms with E-state index in [4.69, 9.17) is 14.6 Å².